The van der Waals surface area contributed by atoms with Gasteiger partial charge in [-0.2, -0.15) is 0 Å². The maximum atomic E-state index is 11.2. The second kappa shape index (κ2) is 4.41. The quantitative estimate of drug-likeness (QED) is 0.606. The summed E-state index contributed by atoms with van der Waals surface area (Å²) in [4.78, 5) is 21.5. The van der Waals surface area contributed by atoms with Gasteiger partial charge in [-0.3, -0.25) is 0 Å². The Hall–Kier alpha value is -2.11. The van der Waals surface area contributed by atoms with Crippen molar-refractivity contribution in [2.45, 2.75) is 0 Å². The van der Waals surface area contributed by atoms with Crippen LogP contribution in [0.5, 0.6) is 11.5 Å². The standard InChI is InChI=1S/C9H9NO5/c1-14-7-4-5(9(12)15-2)3-6(10-13)8(7)11/h3-4,11H,1-2H3. The minimum Gasteiger partial charge on any atom is -0.503 e. The fourth-order valence-corrected chi connectivity index (χ4v) is 1.05. The van der Waals surface area contributed by atoms with Crippen molar-refractivity contribution in [1.29, 1.82) is 0 Å². The number of nitrogens with zero attached hydrogens (tertiary/aromatic N) is 1. The predicted molar refractivity (Wildman–Crippen MR) is 51.5 cm³/mol. The van der Waals surface area contributed by atoms with E-state index < -0.39 is 11.7 Å². The highest BCUT2D eigenvalue weighted by molar-refractivity contribution is 5.91. The molecule has 0 bridgehead atoms. The number of benzene rings is 1. The van der Waals surface area contributed by atoms with E-state index in [0.29, 0.717) is 0 Å². The zero-order chi connectivity index (χ0) is 11.4. The summed E-state index contributed by atoms with van der Waals surface area (Å²) in [6.45, 7) is 0. The van der Waals surface area contributed by atoms with Crippen molar-refractivity contribution in [1.82, 2.24) is 0 Å². The first-order valence-electron chi connectivity index (χ1n) is 3.96. The zero-order valence-electron chi connectivity index (χ0n) is 8.18. The Balaban J connectivity index is 3.32. The van der Waals surface area contributed by atoms with Gasteiger partial charge in [-0.15, -0.1) is 4.91 Å². The summed E-state index contributed by atoms with van der Waals surface area (Å²) in [5.74, 6) is -1.05. The Labute approximate surface area is 85.4 Å². The third-order valence-electron chi connectivity index (χ3n) is 1.79. The Morgan fingerprint density at radius 2 is 2.07 bits per heavy atom. The number of rotatable bonds is 3. The van der Waals surface area contributed by atoms with Crippen LogP contribution >= 0.6 is 0 Å². The first kappa shape index (κ1) is 11.0. The van der Waals surface area contributed by atoms with E-state index in [9.17, 15) is 14.8 Å². The van der Waals surface area contributed by atoms with Crippen LogP contribution in [0.15, 0.2) is 17.3 Å². The first-order chi connectivity index (χ1) is 7.13. The third-order valence-corrected chi connectivity index (χ3v) is 1.79. The number of phenols is 1. The van der Waals surface area contributed by atoms with Crippen LogP contribution in [0.4, 0.5) is 5.69 Å². The lowest BCUT2D eigenvalue weighted by molar-refractivity contribution is 0.0600. The molecule has 0 unspecified atom stereocenters. The molecule has 6 heteroatoms. The topological polar surface area (TPSA) is 85.2 Å². The number of ether oxygens (including phenoxy) is 2. The number of nitroso groups, excluding NO2 is 1. The Morgan fingerprint density at radius 1 is 1.40 bits per heavy atom. The van der Waals surface area contributed by atoms with Gasteiger partial charge in [0, 0.05) is 0 Å². The molecule has 0 saturated heterocycles. The predicted octanol–water partition coefficient (Wildman–Crippen LogP) is 1.59. The normalized spacial score (nSPS) is 9.47. The number of methoxy groups -OCH3 is 2. The van der Waals surface area contributed by atoms with Gasteiger partial charge in [-0.05, 0) is 17.3 Å². The van der Waals surface area contributed by atoms with Gasteiger partial charge in [0.2, 0.25) is 0 Å². The number of aromatic hydroxyl groups is 1. The van der Waals surface area contributed by atoms with Crippen molar-refractivity contribution in [2.75, 3.05) is 14.2 Å². The smallest absolute Gasteiger partial charge is 0.338 e. The molecule has 0 radical (unpaired) electrons. The molecule has 0 spiro atoms. The molecule has 1 aromatic rings. The molecular weight excluding hydrogens is 202 g/mol. The summed E-state index contributed by atoms with van der Waals surface area (Å²) in [6.07, 6.45) is 0. The molecule has 6 nitrogen and oxygen atoms in total. The fourth-order valence-electron chi connectivity index (χ4n) is 1.05. The molecule has 0 atom stereocenters. The molecule has 80 valence electrons. The van der Waals surface area contributed by atoms with Gasteiger partial charge in [-0.25, -0.2) is 4.79 Å². The van der Waals surface area contributed by atoms with Crippen LogP contribution in [0.3, 0.4) is 0 Å². The second-order valence-corrected chi connectivity index (χ2v) is 2.63. The summed E-state index contributed by atoms with van der Waals surface area (Å²) < 4.78 is 9.22. The van der Waals surface area contributed by atoms with Gasteiger partial charge in [-0.1, -0.05) is 0 Å². The van der Waals surface area contributed by atoms with Crippen LogP contribution in [0, 0.1) is 4.91 Å². The number of phenolic OH excluding ortho intramolecular Hbond substituents is 1. The van der Waals surface area contributed by atoms with Crippen molar-refractivity contribution >= 4 is 11.7 Å². The highest BCUT2D eigenvalue weighted by atomic mass is 16.5. The van der Waals surface area contributed by atoms with Crippen LogP contribution in [-0.2, 0) is 4.74 Å². The van der Waals surface area contributed by atoms with E-state index in [1.165, 1.54) is 20.3 Å². The lowest BCUT2D eigenvalue weighted by Gasteiger charge is -2.06. The molecule has 15 heavy (non-hydrogen) atoms. The molecule has 1 aromatic carbocycles. The molecular formula is C9H9NO5. The number of esters is 1. The molecule has 1 N–H and O–H groups in total. The van der Waals surface area contributed by atoms with E-state index in [0.717, 1.165) is 6.07 Å². The van der Waals surface area contributed by atoms with Gasteiger partial charge in [0.05, 0.1) is 19.8 Å². The van der Waals surface area contributed by atoms with Crippen molar-refractivity contribution in [3.05, 3.63) is 22.6 Å². The maximum absolute atomic E-state index is 11.2. The van der Waals surface area contributed by atoms with Crippen LogP contribution in [-0.4, -0.2) is 25.3 Å². The van der Waals surface area contributed by atoms with Gasteiger partial charge < -0.3 is 14.6 Å². The highest BCUT2D eigenvalue weighted by Crippen LogP contribution is 2.37. The third kappa shape index (κ3) is 2.04. The number of hydrogen-bond donors (Lipinski definition) is 1. The maximum Gasteiger partial charge on any atom is 0.338 e. The van der Waals surface area contributed by atoms with Crippen molar-refractivity contribution < 1.29 is 19.4 Å². The summed E-state index contributed by atoms with van der Waals surface area (Å²) in [5.41, 5.74) is -0.184. The van der Waals surface area contributed by atoms with Crippen LogP contribution < -0.4 is 4.74 Å². The molecule has 0 aromatic heterocycles. The minimum absolute atomic E-state index is 0.00694. The van der Waals surface area contributed by atoms with Crippen molar-refractivity contribution in [3.8, 4) is 11.5 Å². The Bertz CT molecular complexity index is 402. The van der Waals surface area contributed by atoms with Crippen LogP contribution in [0.1, 0.15) is 10.4 Å². The molecule has 0 amide bonds. The average Bonchev–Trinajstić information content (AvgIpc) is 2.28. The van der Waals surface area contributed by atoms with E-state index in [2.05, 4.69) is 9.91 Å². The molecule has 0 aliphatic heterocycles. The van der Waals surface area contributed by atoms with E-state index in [-0.39, 0.29) is 17.0 Å². The number of hydrogen-bond acceptors (Lipinski definition) is 6. The minimum atomic E-state index is -0.641. The van der Waals surface area contributed by atoms with E-state index in [4.69, 9.17) is 4.74 Å². The summed E-state index contributed by atoms with van der Waals surface area (Å²) in [5, 5.41) is 12.0. The van der Waals surface area contributed by atoms with Crippen molar-refractivity contribution in [2.24, 2.45) is 5.18 Å². The molecule has 1 rings (SSSR count). The van der Waals surface area contributed by atoms with Gasteiger partial charge in [0.15, 0.2) is 17.2 Å². The highest BCUT2D eigenvalue weighted by Gasteiger charge is 2.15. The SMILES string of the molecule is COC(=O)c1cc(N=O)c(O)c(OC)c1. The lowest BCUT2D eigenvalue weighted by atomic mass is 10.1. The monoisotopic (exact) mass is 211 g/mol. The van der Waals surface area contributed by atoms with Gasteiger partial charge in [0.1, 0.15) is 0 Å². The van der Waals surface area contributed by atoms with Crippen LogP contribution in [0.2, 0.25) is 0 Å². The summed E-state index contributed by atoms with van der Waals surface area (Å²) >= 11 is 0. The number of carbonyl (C=O) groups excluding carboxylic acids is 1. The molecule has 0 aliphatic carbocycles. The number of carbonyl (C=O) groups is 1. The van der Waals surface area contributed by atoms with E-state index >= 15 is 0 Å². The van der Waals surface area contributed by atoms with E-state index in [1.54, 1.807) is 0 Å². The summed E-state index contributed by atoms with van der Waals surface area (Å²) in [7, 11) is 2.50. The van der Waals surface area contributed by atoms with Crippen LogP contribution in [0.25, 0.3) is 0 Å². The second-order valence-electron chi connectivity index (χ2n) is 2.63. The zero-order valence-corrected chi connectivity index (χ0v) is 8.18. The summed E-state index contributed by atoms with van der Waals surface area (Å²) in [6, 6.07) is 2.38. The average molecular weight is 211 g/mol. The lowest BCUT2D eigenvalue weighted by Crippen LogP contribution is -2.01. The van der Waals surface area contributed by atoms with E-state index in [1.807, 2.05) is 0 Å². The molecule has 0 fully saturated rings. The largest absolute Gasteiger partial charge is 0.503 e. The van der Waals surface area contributed by atoms with Crippen molar-refractivity contribution in [3.63, 3.8) is 0 Å². The first-order valence-corrected chi connectivity index (χ1v) is 3.96. The fraction of sp³-hybridized carbons (Fsp3) is 0.222. The Morgan fingerprint density at radius 3 is 2.53 bits per heavy atom. The van der Waals surface area contributed by atoms with Gasteiger partial charge in [0.25, 0.3) is 0 Å². The molecule has 0 heterocycles. The Kier molecular flexibility index (Phi) is 3.22. The van der Waals surface area contributed by atoms with Gasteiger partial charge >= 0.3 is 5.97 Å². The molecule has 0 saturated carbocycles. The molecule has 0 aliphatic rings.